The minimum Gasteiger partial charge on any atom is -0.306 e. The molecule has 0 amide bonds. The van der Waals surface area contributed by atoms with E-state index in [0.717, 1.165) is 32.7 Å². The van der Waals surface area contributed by atoms with Gasteiger partial charge in [-0.1, -0.05) is 0 Å². The molecule has 0 saturated carbocycles. The maximum Gasteiger partial charge on any atom is 0.260 e. The van der Waals surface area contributed by atoms with Crippen LogP contribution in [0.4, 0.5) is 0 Å². The molecular formula is C17H15N5OS. The number of nitrogens with zero attached hydrogens (tertiary/aromatic N) is 4. The molecule has 7 heteroatoms. The second-order valence-electron chi connectivity index (χ2n) is 5.73. The number of nitrogens with one attached hydrogen (secondary N) is 1. The Morgan fingerprint density at radius 1 is 1.29 bits per heavy atom. The average molecular weight is 337 g/mol. The lowest BCUT2D eigenvalue weighted by Gasteiger charge is -1.97. The largest absolute Gasteiger partial charge is 0.306 e. The summed E-state index contributed by atoms with van der Waals surface area (Å²) in [6.45, 7) is 3.88. The number of rotatable bonds is 2. The summed E-state index contributed by atoms with van der Waals surface area (Å²) in [4.78, 5) is 24.7. The zero-order valence-electron chi connectivity index (χ0n) is 13.5. The first-order valence-electron chi connectivity index (χ1n) is 7.48. The summed E-state index contributed by atoms with van der Waals surface area (Å²) in [5.74, 6) is 0.539. The van der Waals surface area contributed by atoms with Crippen molar-refractivity contribution in [1.29, 1.82) is 0 Å². The van der Waals surface area contributed by atoms with Crippen LogP contribution in [0, 0.1) is 13.8 Å². The van der Waals surface area contributed by atoms with Crippen molar-refractivity contribution >= 4 is 44.7 Å². The lowest BCUT2D eigenvalue weighted by Crippen LogP contribution is -2.08. The third-order valence-corrected chi connectivity index (χ3v) is 4.95. The number of H-pyrrole nitrogens is 1. The molecule has 4 aromatic rings. The normalized spacial score (nSPS) is 12.0. The second kappa shape index (κ2) is 5.38. The molecule has 0 fully saturated rings. The first kappa shape index (κ1) is 14.8. The molecule has 1 N–H and O–H groups in total. The van der Waals surface area contributed by atoms with E-state index in [1.165, 1.54) is 11.3 Å². The van der Waals surface area contributed by atoms with Crippen molar-refractivity contribution < 1.29 is 0 Å². The lowest BCUT2D eigenvalue weighted by molar-refractivity contribution is 0.774. The SMILES string of the molecule is Cc1nn(C)c2ncc(C=Cc3nc4scc(C)c4c(=O)[nH]3)cc12. The van der Waals surface area contributed by atoms with E-state index in [0.29, 0.717) is 11.2 Å². The molecule has 120 valence electrons. The maximum atomic E-state index is 12.2. The van der Waals surface area contributed by atoms with Gasteiger partial charge in [0, 0.05) is 18.6 Å². The molecule has 0 aliphatic rings. The fourth-order valence-electron chi connectivity index (χ4n) is 2.77. The molecule has 0 aliphatic carbocycles. The summed E-state index contributed by atoms with van der Waals surface area (Å²) in [6, 6.07) is 2.03. The van der Waals surface area contributed by atoms with E-state index in [4.69, 9.17) is 0 Å². The Kier molecular flexibility index (Phi) is 3.31. The number of hydrogen-bond donors (Lipinski definition) is 1. The van der Waals surface area contributed by atoms with E-state index in [1.54, 1.807) is 17.0 Å². The predicted molar refractivity (Wildman–Crippen MR) is 97.2 cm³/mol. The van der Waals surface area contributed by atoms with Crippen LogP contribution in [0.3, 0.4) is 0 Å². The lowest BCUT2D eigenvalue weighted by atomic mass is 10.2. The Morgan fingerprint density at radius 3 is 2.96 bits per heavy atom. The van der Waals surface area contributed by atoms with E-state index in [9.17, 15) is 4.79 Å². The Morgan fingerprint density at radius 2 is 2.12 bits per heavy atom. The summed E-state index contributed by atoms with van der Waals surface area (Å²) in [5.41, 5.74) is 3.59. The predicted octanol–water partition coefficient (Wildman–Crippen LogP) is 3.05. The molecule has 0 atom stereocenters. The monoisotopic (exact) mass is 337 g/mol. The van der Waals surface area contributed by atoms with Crippen LogP contribution in [-0.4, -0.2) is 24.7 Å². The Labute approximate surface area is 141 Å². The minimum absolute atomic E-state index is 0.102. The van der Waals surface area contributed by atoms with E-state index in [-0.39, 0.29) is 5.56 Å². The second-order valence-corrected chi connectivity index (χ2v) is 6.59. The smallest absolute Gasteiger partial charge is 0.260 e. The highest BCUT2D eigenvalue weighted by molar-refractivity contribution is 7.16. The number of fused-ring (bicyclic) bond motifs is 2. The van der Waals surface area contributed by atoms with Gasteiger partial charge in [-0.3, -0.25) is 9.48 Å². The molecule has 0 bridgehead atoms. The first-order valence-corrected chi connectivity index (χ1v) is 8.36. The summed E-state index contributed by atoms with van der Waals surface area (Å²) >= 11 is 1.48. The molecule has 0 aromatic carbocycles. The van der Waals surface area contributed by atoms with Gasteiger partial charge in [-0.15, -0.1) is 11.3 Å². The molecule has 6 nitrogen and oxygen atoms in total. The minimum atomic E-state index is -0.102. The van der Waals surface area contributed by atoms with Crippen LogP contribution in [0.15, 0.2) is 22.4 Å². The van der Waals surface area contributed by atoms with Crippen LogP contribution in [0.2, 0.25) is 0 Å². The fraction of sp³-hybridized carbons (Fsp3) is 0.176. The van der Waals surface area contributed by atoms with E-state index < -0.39 is 0 Å². The zero-order chi connectivity index (χ0) is 16.8. The van der Waals surface area contributed by atoms with Gasteiger partial charge >= 0.3 is 0 Å². The molecule has 24 heavy (non-hydrogen) atoms. The number of aromatic nitrogens is 5. The number of pyridine rings is 1. The van der Waals surface area contributed by atoms with Crippen molar-refractivity contribution in [2.75, 3.05) is 0 Å². The van der Waals surface area contributed by atoms with Crippen LogP contribution in [0.1, 0.15) is 22.6 Å². The van der Waals surface area contributed by atoms with Crippen molar-refractivity contribution in [3.8, 4) is 0 Å². The van der Waals surface area contributed by atoms with E-state index in [2.05, 4.69) is 20.1 Å². The highest BCUT2D eigenvalue weighted by atomic mass is 32.1. The van der Waals surface area contributed by atoms with E-state index in [1.807, 2.05) is 38.4 Å². The first-order chi connectivity index (χ1) is 11.5. The summed E-state index contributed by atoms with van der Waals surface area (Å²) in [6.07, 6.45) is 5.47. The van der Waals surface area contributed by atoms with Crippen molar-refractivity contribution in [1.82, 2.24) is 24.7 Å². The molecule has 0 saturated heterocycles. The zero-order valence-corrected chi connectivity index (χ0v) is 14.3. The maximum absolute atomic E-state index is 12.2. The van der Waals surface area contributed by atoms with Gasteiger partial charge < -0.3 is 4.98 Å². The fourth-order valence-corrected chi connectivity index (χ4v) is 3.70. The molecule has 0 unspecified atom stereocenters. The molecule has 4 aromatic heterocycles. The highest BCUT2D eigenvalue weighted by Crippen LogP contribution is 2.21. The average Bonchev–Trinajstić information content (AvgIpc) is 3.06. The Hall–Kier alpha value is -2.80. The summed E-state index contributed by atoms with van der Waals surface area (Å²) in [7, 11) is 1.88. The van der Waals surface area contributed by atoms with E-state index >= 15 is 0 Å². The van der Waals surface area contributed by atoms with Gasteiger partial charge in [-0.2, -0.15) is 5.10 Å². The Bertz CT molecular complexity index is 1170. The standard InChI is InChI=1S/C17H15N5OS/c1-9-8-24-17-14(9)16(23)19-13(20-17)5-4-11-6-12-10(2)21-22(3)15(12)18-7-11/h4-8H,1-3H3,(H,19,20,23). The van der Waals surface area contributed by atoms with Crippen LogP contribution in [0.25, 0.3) is 33.4 Å². The van der Waals surface area contributed by atoms with Gasteiger partial charge in [0.15, 0.2) is 5.65 Å². The van der Waals surface area contributed by atoms with Crippen LogP contribution < -0.4 is 5.56 Å². The van der Waals surface area contributed by atoms with Gasteiger partial charge in [0.05, 0.1) is 11.1 Å². The van der Waals surface area contributed by atoms with Crippen LogP contribution in [0.5, 0.6) is 0 Å². The van der Waals surface area contributed by atoms with Crippen molar-refractivity contribution in [3.63, 3.8) is 0 Å². The van der Waals surface area contributed by atoms with Crippen molar-refractivity contribution in [2.45, 2.75) is 13.8 Å². The van der Waals surface area contributed by atoms with Crippen LogP contribution >= 0.6 is 11.3 Å². The molecule has 4 rings (SSSR count). The number of aryl methyl sites for hydroxylation is 3. The van der Waals surface area contributed by atoms with Crippen LogP contribution in [-0.2, 0) is 7.05 Å². The quantitative estimate of drug-likeness (QED) is 0.610. The van der Waals surface area contributed by atoms with Gasteiger partial charge in [-0.25, -0.2) is 9.97 Å². The Balaban J connectivity index is 1.75. The van der Waals surface area contributed by atoms with Crippen molar-refractivity contribution in [3.05, 3.63) is 50.6 Å². The number of aromatic amines is 1. The molecule has 4 heterocycles. The third-order valence-electron chi connectivity index (χ3n) is 3.96. The van der Waals surface area contributed by atoms with Gasteiger partial charge in [0.25, 0.3) is 5.56 Å². The van der Waals surface area contributed by atoms with Gasteiger partial charge in [-0.05, 0) is 48.6 Å². The number of thiophene rings is 1. The van der Waals surface area contributed by atoms with Gasteiger partial charge in [0.1, 0.15) is 10.7 Å². The highest BCUT2D eigenvalue weighted by Gasteiger charge is 2.08. The van der Waals surface area contributed by atoms with Crippen molar-refractivity contribution in [2.24, 2.45) is 7.05 Å². The molecular weight excluding hydrogens is 322 g/mol. The third kappa shape index (κ3) is 2.33. The molecule has 0 radical (unpaired) electrons. The summed E-state index contributed by atoms with van der Waals surface area (Å²) < 4.78 is 1.77. The summed E-state index contributed by atoms with van der Waals surface area (Å²) in [5, 5.41) is 8.01. The molecule has 0 aliphatic heterocycles. The molecule has 0 spiro atoms. The topological polar surface area (TPSA) is 76.5 Å². The number of hydrogen-bond acceptors (Lipinski definition) is 5. The van der Waals surface area contributed by atoms with Gasteiger partial charge in [0.2, 0.25) is 0 Å².